The van der Waals surface area contributed by atoms with Gasteiger partial charge < -0.3 is 10.8 Å². The van der Waals surface area contributed by atoms with E-state index in [-0.39, 0.29) is 12.1 Å². The first kappa shape index (κ1) is 14.4. The van der Waals surface area contributed by atoms with Crippen LogP contribution in [-0.2, 0) is 0 Å². The van der Waals surface area contributed by atoms with Crippen molar-refractivity contribution < 1.29 is 5.11 Å². The normalized spacial score (nSPS) is 20.7. The average molecular weight is 334 g/mol. The molecule has 0 radical (unpaired) electrons. The van der Waals surface area contributed by atoms with E-state index in [9.17, 15) is 5.11 Å². The lowest BCUT2D eigenvalue weighted by Crippen LogP contribution is -2.18. The lowest BCUT2D eigenvalue weighted by molar-refractivity contribution is 0.130. The highest BCUT2D eigenvalue weighted by molar-refractivity contribution is 6.08. The fourth-order valence-electron chi connectivity index (χ4n) is 3.77. The van der Waals surface area contributed by atoms with Crippen LogP contribution in [0.25, 0.3) is 33.1 Å². The molecule has 25 heavy (non-hydrogen) atoms. The van der Waals surface area contributed by atoms with Gasteiger partial charge in [0.05, 0.1) is 28.7 Å². The fraction of sp³-hybridized carbons (Fsp3) is 0.278. The second-order valence-electron chi connectivity index (χ2n) is 6.63. The van der Waals surface area contributed by atoms with Gasteiger partial charge in [0.1, 0.15) is 11.3 Å². The van der Waals surface area contributed by atoms with Crippen molar-refractivity contribution in [1.29, 1.82) is 0 Å². The second kappa shape index (κ2) is 5.29. The SMILES string of the molecule is Nc1nc2cc(-c3cc[nH]n3)ccc2c2nn(C3CCCC3O)cc12. The summed E-state index contributed by atoms with van der Waals surface area (Å²) >= 11 is 0. The zero-order valence-corrected chi connectivity index (χ0v) is 13.6. The molecule has 1 saturated carbocycles. The lowest BCUT2D eigenvalue weighted by atomic mass is 10.1. The molecular weight excluding hydrogens is 316 g/mol. The number of nitrogens with one attached hydrogen (secondary N) is 1. The van der Waals surface area contributed by atoms with Gasteiger partial charge in [-0.25, -0.2) is 4.98 Å². The number of fused-ring (bicyclic) bond motifs is 3. The summed E-state index contributed by atoms with van der Waals surface area (Å²) in [5.41, 5.74) is 9.65. The maximum Gasteiger partial charge on any atom is 0.135 e. The third-order valence-corrected chi connectivity index (χ3v) is 5.08. The van der Waals surface area contributed by atoms with Crippen molar-refractivity contribution in [2.24, 2.45) is 0 Å². The Kier molecular flexibility index (Phi) is 3.05. The van der Waals surface area contributed by atoms with E-state index in [1.807, 2.05) is 35.1 Å². The number of aromatic amines is 1. The van der Waals surface area contributed by atoms with Crippen LogP contribution in [0.4, 0.5) is 5.82 Å². The van der Waals surface area contributed by atoms with Crippen LogP contribution in [0.5, 0.6) is 0 Å². The number of hydrogen-bond acceptors (Lipinski definition) is 5. The Bertz CT molecular complexity index is 1070. The minimum Gasteiger partial charge on any atom is -0.391 e. The van der Waals surface area contributed by atoms with Crippen LogP contribution in [0.3, 0.4) is 0 Å². The van der Waals surface area contributed by atoms with Crippen molar-refractivity contribution >= 4 is 27.6 Å². The van der Waals surface area contributed by atoms with Crippen molar-refractivity contribution in [2.75, 3.05) is 5.73 Å². The van der Waals surface area contributed by atoms with Crippen LogP contribution in [0, 0.1) is 0 Å². The van der Waals surface area contributed by atoms with Gasteiger partial charge in [0.15, 0.2) is 0 Å². The first-order chi connectivity index (χ1) is 12.2. The minimum atomic E-state index is -0.346. The Labute approximate surface area is 143 Å². The summed E-state index contributed by atoms with van der Waals surface area (Å²) in [5.74, 6) is 0.459. The number of nitrogen functional groups attached to an aromatic ring is 1. The molecule has 1 aliphatic rings. The van der Waals surface area contributed by atoms with Crippen LogP contribution in [0.15, 0.2) is 36.7 Å². The molecule has 126 valence electrons. The van der Waals surface area contributed by atoms with Gasteiger partial charge in [-0.3, -0.25) is 9.78 Å². The maximum atomic E-state index is 10.2. The Morgan fingerprint density at radius 1 is 1.20 bits per heavy atom. The van der Waals surface area contributed by atoms with Crippen LogP contribution in [-0.4, -0.2) is 36.2 Å². The monoisotopic (exact) mass is 334 g/mol. The molecule has 4 aromatic rings. The molecule has 0 saturated heterocycles. The van der Waals surface area contributed by atoms with Crippen molar-refractivity contribution in [1.82, 2.24) is 25.0 Å². The zero-order valence-electron chi connectivity index (χ0n) is 13.6. The van der Waals surface area contributed by atoms with E-state index in [0.29, 0.717) is 5.82 Å². The number of aliphatic hydroxyl groups excluding tert-OH is 1. The molecule has 0 bridgehead atoms. The van der Waals surface area contributed by atoms with Gasteiger partial charge in [0, 0.05) is 23.3 Å². The predicted molar refractivity (Wildman–Crippen MR) is 95.9 cm³/mol. The van der Waals surface area contributed by atoms with E-state index in [2.05, 4.69) is 15.2 Å². The number of aromatic nitrogens is 5. The van der Waals surface area contributed by atoms with E-state index >= 15 is 0 Å². The Hall–Kier alpha value is -2.93. The van der Waals surface area contributed by atoms with Crippen molar-refractivity contribution in [3.63, 3.8) is 0 Å². The molecule has 7 nitrogen and oxygen atoms in total. The number of H-pyrrole nitrogens is 1. The van der Waals surface area contributed by atoms with E-state index in [1.54, 1.807) is 6.20 Å². The summed E-state index contributed by atoms with van der Waals surface area (Å²) < 4.78 is 1.86. The van der Waals surface area contributed by atoms with Gasteiger partial charge in [-0.1, -0.05) is 6.07 Å². The summed E-state index contributed by atoms with van der Waals surface area (Å²) in [6.07, 6.45) is 6.13. The van der Waals surface area contributed by atoms with Crippen LogP contribution < -0.4 is 5.73 Å². The molecule has 0 aliphatic heterocycles. The predicted octanol–water partition coefficient (Wildman–Crippen LogP) is 2.64. The highest BCUT2D eigenvalue weighted by Crippen LogP contribution is 2.34. The molecule has 5 rings (SSSR count). The zero-order chi connectivity index (χ0) is 17.0. The molecule has 1 aromatic carbocycles. The molecule has 4 N–H and O–H groups in total. The average Bonchev–Trinajstić information content (AvgIpc) is 3.34. The number of nitrogens with two attached hydrogens (primary N) is 1. The topological polar surface area (TPSA) is 106 Å². The highest BCUT2D eigenvalue weighted by Gasteiger charge is 2.28. The molecule has 2 unspecified atom stereocenters. The van der Waals surface area contributed by atoms with Crippen molar-refractivity contribution in [3.05, 3.63) is 36.7 Å². The number of nitrogens with zero attached hydrogens (tertiary/aromatic N) is 4. The van der Waals surface area contributed by atoms with E-state index in [4.69, 9.17) is 10.8 Å². The van der Waals surface area contributed by atoms with Crippen molar-refractivity contribution in [3.8, 4) is 11.3 Å². The molecule has 2 atom stereocenters. The Morgan fingerprint density at radius 3 is 2.88 bits per heavy atom. The number of pyridine rings is 1. The summed E-state index contributed by atoms with van der Waals surface area (Å²) in [7, 11) is 0. The molecule has 1 aliphatic carbocycles. The third kappa shape index (κ3) is 2.20. The molecule has 0 amide bonds. The maximum absolute atomic E-state index is 10.2. The van der Waals surface area contributed by atoms with Crippen LogP contribution in [0.2, 0.25) is 0 Å². The smallest absolute Gasteiger partial charge is 0.135 e. The molecule has 1 fully saturated rings. The lowest BCUT2D eigenvalue weighted by Gasteiger charge is -2.14. The first-order valence-electron chi connectivity index (χ1n) is 8.47. The highest BCUT2D eigenvalue weighted by atomic mass is 16.3. The van der Waals surface area contributed by atoms with Gasteiger partial charge in [0.25, 0.3) is 0 Å². The van der Waals surface area contributed by atoms with Crippen molar-refractivity contribution in [2.45, 2.75) is 31.4 Å². The van der Waals surface area contributed by atoms with E-state index in [1.165, 1.54) is 0 Å². The molecule has 3 aromatic heterocycles. The number of rotatable bonds is 2. The van der Waals surface area contributed by atoms with Gasteiger partial charge in [-0.15, -0.1) is 0 Å². The number of anilines is 1. The van der Waals surface area contributed by atoms with Gasteiger partial charge in [-0.05, 0) is 37.5 Å². The summed E-state index contributed by atoms with van der Waals surface area (Å²) in [6, 6.07) is 7.94. The number of hydrogen-bond donors (Lipinski definition) is 3. The van der Waals surface area contributed by atoms with Gasteiger partial charge >= 0.3 is 0 Å². The van der Waals surface area contributed by atoms with Crippen LogP contribution >= 0.6 is 0 Å². The first-order valence-corrected chi connectivity index (χ1v) is 8.47. The van der Waals surface area contributed by atoms with Gasteiger partial charge in [0.2, 0.25) is 0 Å². The Balaban J connectivity index is 1.70. The minimum absolute atomic E-state index is 0.0187. The van der Waals surface area contributed by atoms with Gasteiger partial charge in [-0.2, -0.15) is 10.2 Å². The summed E-state index contributed by atoms with van der Waals surface area (Å²) in [5, 5.41) is 23.7. The molecule has 7 heteroatoms. The van der Waals surface area contributed by atoms with E-state index in [0.717, 1.165) is 52.3 Å². The second-order valence-corrected chi connectivity index (χ2v) is 6.63. The van der Waals surface area contributed by atoms with E-state index < -0.39 is 0 Å². The number of benzene rings is 1. The Morgan fingerprint density at radius 2 is 2.12 bits per heavy atom. The largest absolute Gasteiger partial charge is 0.391 e. The summed E-state index contributed by atoms with van der Waals surface area (Å²) in [6.45, 7) is 0. The third-order valence-electron chi connectivity index (χ3n) is 5.08. The van der Waals surface area contributed by atoms with Crippen LogP contribution in [0.1, 0.15) is 25.3 Å². The molecule has 3 heterocycles. The number of aliphatic hydroxyl groups is 1. The quantitative estimate of drug-likeness (QED) is 0.522. The molecular formula is C18H18N6O. The summed E-state index contributed by atoms with van der Waals surface area (Å²) in [4.78, 5) is 4.56. The fourth-order valence-corrected chi connectivity index (χ4v) is 3.77. The molecule has 0 spiro atoms. The standard InChI is InChI=1S/C18H18N6O/c19-18-12-9-24(15-2-1-3-16(15)25)23-17(12)11-5-4-10(8-14(11)21-18)13-6-7-20-22-13/h4-9,15-16,25H,1-3H2,(H2,19,21)(H,20,22).